The summed E-state index contributed by atoms with van der Waals surface area (Å²) in [6.45, 7) is 9.83. The Hall–Kier alpha value is -3.94. The highest BCUT2D eigenvalue weighted by atomic mass is 16.5. The van der Waals surface area contributed by atoms with E-state index < -0.39 is 11.9 Å². The van der Waals surface area contributed by atoms with E-state index in [1.165, 1.54) is 41.6 Å². The zero-order chi connectivity index (χ0) is 24.3. The first-order valence-corrected chi connectivity index (χ1v) is 10.5. The number of aromatic amines is 1. The molecule has 0 spiro atoms. The summed E-state index contributed by atoms with van der Waals surface area (Å²) in [6, 6.07) is 13.8. The Kier molecular flexibility index (Phi) is 6.67. The van der Waals surface area contributed by atoms with Gasteiger partial charge in [-0.25, -0.2) is 14.9 Å². The second-order valence-electron chi connectivity index (χ2n) is 8.76. The molecule has 172 valence electrons. The molecule has 0 saturated carbocycles. The molecule has 8 heteroatoms. The first-order valence-electron chi connectivity index (χ1n) is 10.5. The molecule has 3 aromatic rings. The normalized spacial score (nSPS) is 11.9. The molecular formula is C25H28N4O4. The van der Waals surface area contributed by atoms with Crippen molar-refractivity contribution < 1.29 is 14.3 Å². The molecular weight excluding hydrogens is 420 g/mol. The number of benzene rings is 2. The number of ether oxygens (including phenoxy) is 1. The zero-order valence-electron chi connectivity index (χ0n) is 19.6. The van der Waals surface area contributed by atoms with Crippen LogP contribution in [0, 0.1) is 6.92 Å². The van der Waals surface area contributed by atoms with Gasteiger partial charge in [0.25, 0.3) is 11.5 Å². The molecule has 0 unspecified atom stereocenters. The summed E-state index contributed by atoms with van der Waals surface area (Å²) in [7, 11) is 1.29. The highest BCUT2D eigenvalue weighted by Crippen LogP contribution is 2.23. The summed E-state index contributed by atoms with van der Waals surface area (Å²) in [6.07, 6.45) is 0. The van der Waals surface area contributed by atoms with Gasteiger partial charge in [0.1, 0.15) is 0 Å². The molecule has 0 radical (unpaired) electrons. The lowest BCUT2D eigenvalue weighted by Crippen LogP contribution is -2.23. The number of nitrogens with one attached hydrogen (secondary N) is 2. The SMILES string of the molecule is COC(=O)c1ccc(C(=O)NN=C(C)c2c(C)[nH]n(-c3ccc(C(C)(C)C)cc3)c2=O)cc1. The van der Waals surface area contributed by atoms with Gasteiger partial charge in [-0.1, -0.05) is 32.9 Å². The fourth-order valence-corrected chi connectivity index (χ4v) is 3.40. The minimum Gasteiger partial charge on any atom is -0.465 e. The Labute approximate surface area is 192 Å². The predicted molar refractivity (Wildman–Crippen MR) is 127 cm³/mol. The third-order valence-electron chi connectivity index (χ3n) is 5.32. The Morgan fingerprint density at radius 1 is 1.00 bits per heavy atom. The van der Waals surface area contributed by atoms with Crippen LogP contribution in [-0.4, -0.2) is 34.5 Å². The molecule has 2 N–H and O–H groups in total. The molecule has 0 atom stereocenters. The molecule has 0 aliphatic rings. The average Bonchev–Trinajstić information content (AvgIpc) is 3.10. The monoisotopic (exact) mass is 448 g/mol. The lowest BCUT2D eigenvalue weighted by molar-refractivity contribution is 0.0600. The van der Waals surface area contributed by atoms with E-state index in [4.69, 9.17) is 0 Å². The summed E-state index contributed by atoms with van der Waals surface area (Å²) >= 11 is 0. The van der Waals surface area contributed by atoms with Crippen molar-refractivity contribution >= 4 is 17.6 Å². The molecule has 33 heavy (non-hydrogen) atoms. The van der Waals surface area contributed by atoms with Gasteiger partial charge >= 0.3 is 5.97 Å². The van der Waals surface area contributed by atoms with Crippen LogP contribution in [0.2, 0.25) is 0 Å². The topological polar surface area (TPSA) is 106 Å². The number of rotatable bonds is 5. The van der Waals surface area contributed by atoms with Crippen molar-refractivity contribution in [2.45, 2.75) is 40.0 Å². The minimum absolute atomic E-state index is 0.0153. The number of hydrogen-bond donors (Lipinski definition) is 2. The second-order valence-corrected chi connectivity index (χ2v) is 8.76. The molecule has 0 aliphatic carbocycles. The smallest absolute Gasteiger partial charge is 0.337 e. The van der Waals surface area contributed by atoms with Gasteiger partial charge in [0.05, 0.1) is 29.6 Å². The summed E-state index contributed by atoms with van der Waals surface area (Å²) in [5.41, 5.74) is 6.16. The number of hydrogen-bond acceptors (Lipinski definition) is 5. The number of hydrazone groups is 1. The molecule has 1 amide bonds. The number of nitrogens with zero attached hydrogens (tertiary/aromatic N) is 2. The van der Waals surface area contributed by atoms with Gasteiger partial charge < -0.3 is 4.74 Å². The third kappa shape index (κ3) is 5.11. The second kappa shape index (κ2) is 9.28. The first kappa shape index (κ1) is 23.7. The Morgan fingerprint density at radius 2 is 1.58 bits per heavy atom. The van der Waals surface area contributed by atoms with Crippen molar-refractivity contribution in [3.8, 4) is 5.69 Å². The number of amides is 1. The van der Waals surface area contributed by atoms with Crippen LogP contribution < -0.4 is 11.0 Å². The van der Waals surface area contributed by atoms with E-state index in [2.05, 4.69) is 41.1 Å². The molecule has 0 saturated heterocycles. The minimum atomic E-state index is -0.483. The maximum Gasteiger partial charge on any atom is 0.337 e. The van der Waals surface area contributed by atoms with Gasteiger partial charge in [0.15, 0.2) is 0 Å². The van der Waals surface area contributed by atoms with Crippen molar-refractivity contribution in [3.05, 3.63) is 86.8 Å². The van der Waals surface area contributed by atoms with Gasteiger partial charge in [-0.2, -0.15) is 5.10 Å². The lowest BCUT2D eigenvalue weighted by Gasteiger charge is -2.19. The van der Waals surface area contributed by atoms with Crippen molar-refractivity contribution in [1.29, 1.82) is 0 Å². The van der Waals surface area contributed by atoms with Crippen molar-refractivity contribution in [2.24, 2.45) is 5.10 Å². The van der Waals surface area contributed by atoms with Crippen LogP contribution >= 0.6 is 0 Å². The maximum atomic E-state index is 13.1. The summed E-state index contributed by atoms with van der Waals surface area (Å²) in [4.78, 5) is 37.0. The van der Waals surface area contributed by atoms with Gasteiger partial charge in [-0.15, -0.1) is 0 Å². The number of carbonyl (C=O) groups excluding carboxylic acids is 2. The number of methoxy groups -OCH3 is 1. The molecule has 8 nitrogen and oxygen atoms in total. The number of aromatic nitrogens is 2. The van der Waals surface area contributed by atoms with Crippen LogP contribution in [0.5, 0.6) is 0 Å². The van der Waals surface area contributed by atoms with Gasteiger partial charge in [-0.3, -0.25) is 14.7 Å². The van der Waals surface area contributed by atoms with Gasteiger partial charge in [0, 0.05) is 11.3 Å². The van der Waals surface area contributed by atoms with Crippen molar-refractivity contribution in [1.82, 2.24) is 15.2 Å². The lowest BCUT2D eigenvalue weighted by atomic mass is 9.87. The fraction of sp³-hybridized carbons (Fsp3) is 0.280. The standard InChI is InChI=1S/C25H28N4O4/c1-15(26-27-22(30)17-7-9-18(10-8-17)24(32)33-6)21-16(2)28-29(23(21)31)20-13-11-19(12-14-20)25(3,4)5/h7-14,28H,1-6H3,(H,27,30). The van der Waals surface area contributed by atoms with Crippen LogP contribution in [-0.2, 0) is 10.2 Å². The van der Waals surface area contributed by atoms with Crippen LogP contribution in [0.1, 0.15) is 65.2 Å². The molecule has 2 aromatic carbocycles. The molecule has 1 aromatic heterocycles. The first-order chi connectivity index (χ1) is 15.5. The zero-order valence-corrected chi connectivity index (χ0v) is 19.6. The Bertz CT molecular complexity index is 1260. The fourth-order valence-electron chi connectivity index (χ4n) is 3.40. The number of H-pyrrole nitrogens is 1. The number of carbonyl (C=O) groups is 2. The largest absolute Gasteiger partial charge is 0.465 e. The van der Waals surface area contributed by atoms with E-state index in [0.717, 1.165) is 0 Å². The maximum absolute atomic E-state index is 13.1. The Morgan fingerprint density at radius 3 is 2.12 bits per heavy atom. The molecule has 3 rings (SSSR count). The summed E-state index contributed by atoms with van der Waals surface area (Å²) < 4.78 is 6.11. The van der Waals surface area contributed by atoms with Crippen molar-refractivity contribution in [2.75, 3.05) is 7.11 Å². The number of esters is 1. The van der Waals surface area contributed by atoms with E-state index in [1.807, 2.05) is 24.3 Å². The third-order valence-corrected chi connectivity index (χ3v) is 5.32. The van der Waals surface area contributed by atoms with Gasteiger partial charge in [-0.05, 0) is 61.2 Å². The van der Waals surface area contributed by atoms with E-state index >= 15 is 0 Å². The van der Waals surface area contributed by atoms with Crippen molar-refractivity contribution in [3.63, 3.8) is 0 Å². The van der Waals surface area contributed by atoms with Crippen LogP contribution in [0.25, 0.3) is 5.69 Å². The summed E-state index contributed by atoms with van der Waals surface area (Å²) in [5, 5.41) is 7.19. The van der Waals surface area contributed by atoms with Gasteiger partial charge in [0.2, 0.25) is 0 Å². The molecule has 0 aliphatic heterocycles. The molecule has 1 heterocycles. The predicted octanol–water partition coefficient (Wildman–Crippen LogP) is 3.71. The number of aryl methyl sites for hydroxylation is 1. The van der Waals surface area contributed by atoms with E-state index in [-0.39, 0.29) is 11.0 Å². The summed E-state index contributed by atoms with van der Waals surface area (Å²) in [5.74, 6) is -0.944. The Balaban J connectivity index is 1.81. The highest BCUT2D eigenvalue weighted by Gasteiger charge is 2.17. The van der Waals surface area contributed by atoms with Crippen LogP contribution in [0.3, 0.4) is 0 Å². The molecule has 0 bridgehead atoms. The van der Waals surface area contributed by atoms with E-state index in [0.29, 0.717) is 33.8 Å². The van der Waals surface area contributed by atoms with E-state index in [1.54, 1.807) is 13.8 Å². The molecule has 0 fully saturated rings. The quantitative estimate of drug-likeness (QED) is 0.353. The van der Waals surface area contributed by atoms with E-state index in [9.17, 15) is 14.4 Å². The average molecular weight is 449 g/mol. The van der Waals surface area contributed by atoms with Crippen LogP contribution in [0.4, 0.5) is 0 Å². The van der Waals surface area contributed by atoms with Crippen LogP contribution in [0.15, 0.2) is 58.4 Å². The highest BCUT2D eigenvalue weighted by molar-refractivity contribution is 6.01.